The van der Waals surface area contributed by atoms with Crippen LogP contribution in [0, 0.1) is 0 Å². The van der Waals surface area contributed by atoms with Gasteiger partial charge in [0.25, 0.3) is 5.56 Å². The van der Waals surface area contributed by atoms with Crippen LogP contribution in [0.1, 0.15) is 18.5 Å². The molecule has 4 aromatic rings. The van der Waals surface area contributed by atoms with Crippen molar-refractivity contribution in [3.63, 3.8) is 0 Å². The summed E-state index contributed by atoms with van der Waals surface area (Å²) in [5.74, 6) is 0.539. The van der Waals surface area contributed by atoms with E-state index in [2.05, 4.69) is 10.3 Å². The summed E-state index contributed by atoms with van der Waals surface area (Å²) in [4.78, 5) is 30.7. The molecule has 1 atom stereocenters. The van der Waals surface area contributed by atoms with Crippen molar-refractivity contribution in [3.8, 4) is 16.2 Å². The summed E-state index contributed by atoms with van der Waals surface area (Å²) < 4.78 is 7.08. The molecule has 30 heavy (non-hydrogen) atoms. The molecule has 0 bridgehead atoms. The number of methoxy groups -OCH3 is 1. The number of amides is 1. The van der Waals surface area contributed by atoms with Gasteiger partial charge in [-0.3, -0.25) is 14.2 Å². The Balaban J connectivity index is 1.54. The van der Waals surface area contributed by atoms with Gasteiger partial charge in [-0.05, 0) is 48.4 Å². The lowest BCUT2D eigenvalue weighted by Crippen LogP contribution is -2.33. The number of ether oxygens (including phenoxy) is 1. The van der Waals surface area contributed by atoms with Crippen molar-refractivity contribution in [2.24, 2.45) is 0 Å². The van der Waals surface area contributed by atoms with E-state index in [1.807, 2.05) is 67.6 Å². The van der Waals surface area contributed by atoms with Crippen LogP contribution in [0.4, 0.5) is 0 Å². The number of fused-ring (bicyclic) bond motifs is 1. The summed E-state index contributed by atoms with van der Waals surface area (Å²) in [5.41, 5.74) is 2.41. The molecule has 0 saturated heterocycles. The van der Waals surface area contributed by atoms with E-state index in [-0.39, 0.29) is 24.1 Å². The number of benzene rings is 2. The van der Waals surface area contributed by atoms with E-state index in [9.17, 15) is 9.59 Å². The van der Waals surface area contributed by atoms with Crippen molar-refractivity contribution in [2.75, 3.05) is 7.11 Å². The molecule has 0 spiro atoms. The standard InChI is InChI=1S/C23H21N3O3S/c1-15(16-6-4-3-5-7-16)25-21(27)13-26-14-24-19-12-20(30-22(19)23(26)28)17-8-10-18(29-2)11-9-17/h3-12,14-15H,13H2,1-2H3,(H,25,27)/t15-/m0/s1. The molecule has 4 rings (SSSR count). The highest BCUT2D eigenvalue weighted by Crippen LogP contribution is 2.31. The normalized spacial score (nSPS) is 11.9. The second kappa shape index (κ2) is 8.51. The summed E-state index contributed by atoms with van der Waals surface area (Å²) in [6.45, 7) is 1.84. The van der Waals surface area contributed by atoms with Gasteiger partial charge in [-0.2, -0.15) is 0 Å². The van der Waals surface area contributed by atoms with E-state index in [1.54, 1.807) is 7.11 Å². The number of hydrogen-bond acceptors (Lipinski definition) is 5. The Kier molecular flexibility index (Phi) is 5.63. The molecule has 2 heterocycles. The zero-order valence-electron chi connectivity index (χ0n) is 16.7. The minimum Gasteiger partial charge on any atom is -0.497 e. The molecule has 0 fully saturated rings. The molecular weight excluding hydrogens is 398 g/mol. The molecule has 1 amide bonds. The summed E-state index contributed by atoms with van der Waals surface area (Å²) >= 11 is 1.37. The van der Waals surface area contributed by atoms with Crippen LogP contribution in [0.5, 0.6) is 5.75 Å². The number of hydrogen-bond donors (Lipinski definition) is 1. The predicted octanol–water partition coefficient (Wildman–Crippen LogP) is 4.01. The average molecular weight is 420 g/mol. The molecular formula is C23H21N3O3S. The van der Waals surface area contributed by atoms with Gasteiger partial charge in [0.2, 0.25) is 5.91 Å². The molecule has 1 N–H and O–H groups in total. The summed E-state index contributed by atoms with van der Waals surface area (Å²) in [6.07, 6.45) is 1.43. The van der Waals surface area contributed by atoms with E-state index in [1.165, 1.54) is 22.2 Å². The Bertz CT molecular complexity index is 1230. The van der Waals surface area contributed by atoms with Gasteiger partial charge < -0.3 is 10.1 Å². The molecule has 0 unspecified atom stereocenters. The highest BCUT2D eigenvalue weighted by Gasteiger charge is 2.14. The molecule has 2 aromatic heterocycles. The fourth-order valence-corrected chi connectivity index (χ4v) is 4.29. The molecule has 0 saturated carbocycles. The maximum atomic E-state index is 12.9. The first-order valence-corrected chi connectivity index (χ1v) is 10.3. The minimum atomic E-state index is -0.235. The average Bonchev–Trinajstić information content (AvgIpc) is 3.21. The number of rotatable bonds is 6. The fourth-order valence-electron chi connectivity index (χ4n) is 3.22. The lowest BCUT2D eigenvalue weighted by atomic mass is 10.1. The van der Waals surface area contributed by atoms with Gasteiger partial charge in [0.05, 0.1) is 25.0 Å². The number of carbonyl (C=O) groups excluding carboxylic acids is 1. The number of thiophene rings is 1. The Morgan fingerprint density at radius 1 is 1.17 bits per heavy atom. The van der Waals surface area contributed by atoms with Crippen LogP contribution in [0.2, 0.25) is 0 Å². The lowest BCUT2D eigenvalue weighted by molar-refractivity contribution is -0.122. The highest BCUT2D eigenvalue weighted by atomic mass is 32.1. The lowest BCUT2D eigenvalue weighted by Gasteiger charge is -2.14. The summed E-state index contributed by atoms with van der Waals surface area (Å²) in [6, 6.07) is 19.1. The van der Waals surface area contributed by atoms with Gasteiger partial charge in [-0.1, -0.05) is 30.3 Å². The Labute approximate surface area is 177 Å². The molecule has 0 radical (unpaired) electrons. The van der Waals surface area contributed by atoms with Gasteiger partial charge >= 0.3 is 0 Å². The Morgan fingerprint density at radius 3 is 2.60 bits per heavy atom. The quantitative estimate of drug-likeness (QED) is 0.512. The van der Waals surface area contributed by atoms with Crippen LogP contribution in [0.15, 0.2) is 71.8 Å². The first kappa shape index (κ1) is 19.8. The predicted molar refractivity (Wildman–Crippen MR) is 119 cm³/mol. The third-order valence-corrected chi connectivity index (χ3v) is 6.03. The topological polar surface area (TPSA) is 73.2 Å². The SMILES string of the molecule is COc1ccc(-c2cc3ncn(CC(=O)N[C@@H](C)c4ccccc4)c(=O)c3s2)cc1. The van der Waals surface area contributed by atoms with E-state index >= 15 is 0 Å². The van der Waals surface area contributed by atoms with Crippen LogP contribution in [-0.2, 0) is 11.3 Å². The molecule has 0 aliphatic heterocycles. The van der Waals surface area contributed by atoms with Gasteiger partial charge in [0, 0.05) is 4.88 Å². The fraction of sp³-hybridized carbons (Fsp3) is 0.174. The summed E-state index contributed by atoms with van der Waals surface area (Å²) in [7, 11) is 1.62. The second-order valence-electron chi connectivity index (χ2n) is 6.93. The van der Waals surface area contributed by atoms with Crippen molar-refractivity contribution in [2.45, 2.75) is 19.5 Å². The van der Waals surface area contributed by atoms with Crippen molar-refractivity contribution in [3.05, 3.63) is 82.9 Å². The third-order valence-electron chi connectivity index (χ3n) is 4.87. The zero-order chi connectivity index (χ0) is 21.1. The molecule has 6 nitrogen and oxygen atoms in total. The van der Waals surface area contributed by atoms with Crippen LogP contribution >= 0.6 is 11.3 Å². The minimum absolute atomic E-state index is 0.0747. The zero-order valence-corrected chi connectivity index (χ0v) is 17.5. The number of nitrogens with zero attached hydrogens (tertiary/aromatic N) is 2. The van der Waals surface area contributed by atoms with Gasteiger partial charge in [0.1, 0.15) is 17.0 Å². The smallest absolute Gasteiger partial charge is 0.271 e. The van der Waals surface area contributed by atoms with Gasteiger partial charge in [-0.15, -0.1) is 11.3 Å². The maximum Gasteiger partial charge on any atom is 0.271 e. The summed E-state index contributed by atoms with van der Waals surface area (Å²) in [5, 5.41) is 2.93. The Hall–Kier alpha value is -3.45. The largest absolute Gasteiger partial charge is 0.497 e. The van der Waals surface area contributed by atoms with E-state index in [4.69, 9.17) is 4.74 Å². The van der Waals surface area contributed by atoms with Crippen molar-refractivity contribution in [1.82, 2.24) is 14.9 Å². The van der Waals surface area contributed by atoms with Gasteiger partial charge in [0.15, 0.2) is 0 Å². The molecule has 0 aliphatic rings. The molecule has 7 heteroatoms. The van der Waals surface area contributed by atoms with Crippen LogP contribution in [0.3, 0.4) is 0 Å². The highest BCUT2D eigenvalue weighted by molar-refractivity contribution is 7.22. The monoisotopic (exact) mass is 419 g/mol. The third kappa shape index (κ3) is 4.11. The number of nitrogens with one attached hydrogen (secondary N) is 1. The van der Waals surface area contributed by atoms with Crippen LogP contribution < -0.4 is 15.6 Å². The Morgan fingerprint density at radius 2 is 1.90 bits per heavy atom. The second-order valence-corrected chi connectivity index (χ2v) is 7.98. The molecule has 152 valence electrons. The molecule has 2 aromatic carbocycles. The first-order valence-electron chi connectivity index (χ1n) is 9.53. The number of aromatic nitrogens is 2. The van der Waals surface area contributed by atoms with Crippen LogP contribution in [0.25, 0.3) is 20.7 Å². The van der Waals surface area contributed by atoms with E-state index < -0.39 is 0 Å². The van der Waals surface area contributed by atoms with E-state index in [0.717, 1.165) is 21.8 Å². The van der Waals surface area contributed by atoms with E-state index in [0.29, 0.717) is 10.2 Å². The maximum absolute atomic E-state index is 12.9. The first-order chi connectivity index (χ1) is 14.5. The molecule has 0 aliphatic carbocycles. The number of carbonyl (C=O) groups is 1. The van der Waals surface area contributed by atoms with Crippen molar-refractivity contribution in [1.29, 1.82) is 0 Å². The van der Waals surface area contributed by atoms with Gasteiger partial charge in [-0.25, -0.2) is 4.98 Å². The van der Waals surface area contributed by atoms with Crippen molar-refractivity contribution < 1.29 is 9.53 Å². The van der Waals surface area contributed by atoms with Crippen LogP contribution in [-0.4, -0.2) is 22.6 Å². The van der Waals surface area contributed by atoms with Crippen molar-refractivity contribution >= 4 is 27.5 Å².